The van der Waals surface area contributed by atoms with Crippen LogP contribution in [0.5, 0.6) is 0 Å². The van der Waals surface area contributed by atoms with Crippen molar-refractivity contribution >= 4 is 19.8 Å². The van der Waals surface area contributed by atoms with E-state index in [0.717, 1.165) is 51.4 Å². The molecule has 0 radical (unpaired) electrons. The van der Waals surface area contributed by atoms with Gasteiger partial charge in [0.2, 0.25) is 0 Å². The van der Waals surface area contributed by atoms with Crippen LogP contribution in [-0.4, -0.2) is 70.0 Å². The average Bonchev–Trinajstić information content (AvgIpc) is 3.17. The molecule has 0 aliphatic carbocycles. The Kier molecular flexibility index (Phi) is 39.0. The van der Waals surface area contributed by atoms with E-state index in [1.165, 1.54) is 103 Å². The summed E-state index contributed by atoms with van der Waals surface area (Å²) in [5.41, 5.74) is 0. The number of phosphoric ester groups is 1. The Morgan fingerprint density at radius 3 is 1.45 bits per heavy atom. The van der Waals surface area contributed by atoms with Gasteiger partial charge in [0.1, 0.15) is 19.8 Å². The highest BCUT2D eigenvalue weighted by Gasteiger charge is 2.21. The summed E-state index contributed by atoms with van der Waals surface area (Å²) < 4.78 is 33.9. The lowest BCUT2D eigenvalue weighted by Gasteiger charge is -2.28. The Balaban J connectivity index is 4.41. The third-order valence-electron chi connectivity index (χ3n) is 9.82. The summed E-state index contributed by atoms with van der Waals surface area (Å²) in [5.74, 6) is -0.900. The van der Waals surface area contributed by atoms with Crippen LogP contribution in [0.1, 0.15) is 194 Å². The zero-order valence-electron chi connectivity index (χ0n) is 38.0. The largest absolute Gasteiger partial charge is 0.756 e. The Morgan fingerprint density at radius 1 is 0.534 bits per heavy atom. The molecule has 0 N–H and O–H groups in total. The quantitative estimate of drug-likeness (QED) is 0.0196. The molecule has 9 nitrogen and oxygen atoms in total. The van der Waals surface area contributed by atoms with Gasteiger partial charge in [-0.25, -0.2) is 0 Å². The number of phosphoric acid groups is 1. The Hall–Kier alpha value is -2.03. The van der Waals surface area contributed by atoms with Gasteiger partial charge < -0.3 is 27.9 Å². The van der Waals surface area contributed by atoms with Gasteiger partial charge in [-0.05, 0) is 70.6 Å². The second-order valence-corrected chi connectivity index (χ2v) is 18.2. The van der Waals surface area contributed by atoms with Gasteiger partial charge >= 0.3 is 11.9 Å². The summed E-state index contributed by atoms with van der Waals surface area (Å²) in [4.78, 5) is 37.6. The molecule has 0 aromatic heterocycles. The minimum atomic E-state index is -4.64. The third kappa shape index (κ3) is 43.5. The lowest BCUT2D eigenvalue weighted by molar-refractivity contribution is -0.870. The average molecular weight is 838 g/mol. The molecule has 1 unspecified atom stereocenters. The molecule has 0 saturated heterocycles. The molecule has 0 fully saturated rings. The van der Waals surface area contributed by atoms with E-state index < -0.39 is 32.5 Å². The van der Waals surface area contributed by atoms with Crippen LogP contribution in [0.15, 0.2) is 48.6 Å². The van der Waals surface area contributed by atoms with Gasteiger partial charge in [0.25, 0.3) is 7.82 Å². The monoisotopic (exact) mass is 838 g/mol. The Morgan fingerprint density at radius 2 is 0.948 bits per heavy atom. The van der Waals surface area contributed by atoms with Crippen LogP contribution in [0.4, 0.5) is 0 Å². The van der Waals surface area contributed by atoms with Gasteiger partial charge in [0, 0.05) is 12.8 Å². The number of unbranched alkanes of at least 4 members (excludes halogenated alkanes) is 20. The summed E-state index contributed by atoms with van der Waals surface area (Å²) in [7, 11) is 1.13. The van der Waals surface area contributed by atoms with Crippen molar-refractivity contribution < 1.29 is 42.1 Å². The van der Waals surface area contributed by atoms with E-state index in [2.05, 4.69) is 62.5 Å². The molecule has 0 aromatic rings. The van der Waals surface area contributed by atoms with Crippen LogP contribution in [0, 0.1) is 0 Å². The number of rotatable bonds is 42. The summed E-state index contributed by atoms with van der Waals surface area (Å²) in [6.45, 7) is 4.16. The van der Waals surface area contributed by atoms with Crippen molar-refractivity contribution in [1.82, 2.24) is 0 Å². The molecule has 0 rings (SSSR count). The van der Waals surface area contributed by atoms with Crippen molar-refractivity contribution in [2.45, 2.75) is 200 Å². The number of hydrogen-bond donors (Lipinski definition) is 0. The lowest BCUT2D eigenvalue weighted by atomic mass is 10.1. The van der Waals surface area contributed by atoms with Crippen molar-refractivity contribution in [3.8, 4) is 0 Å². The number of allylic oxidation sites excluding steroid dienone is 8. The molecule has 0 saturated carbocycles. The summed E-state index contributed by atoms with van der Waals surface area (Å²) in [6.07, 6.45) is 47.1. The summed E-state index contributed by atoms with van der Waals surface area (Å²) in [5, 5.41) is 0. The lowest BCUT2D eigenvalue weighted by Crippen LogP contribution is -2.37. The number of esters is 2. The second kappa shape index (κ2) is 40.4. The van der Waals surface area contributed by atoms with E-state index in [-0.39, 0.29) is 26.1 Å². The number of carbonyl (C=O) groups is 2. The zero-order valence-corrected chi connectivity index (χ0v) is 38.9. The van der Waals surface area contributed by atoms with E-state index in [9.17, 15) is 19.0 Å². The molecule has 58 heavy (non-hydrogen) atoms. The summed E-state index contributed by atoms with van der Waals surface area (Å²) in [6, 6.07) is 0. The molecule has 0 aromatic carbocycles. The fourth-order valence-corrected chi connectivity index (χ4v) is 6.86. The molecule has 0 amide bonds. The van der Waals surface area contributed by atoms with Crippen LogP contribution >= 0.6 is 7.82 Å². The molecule has 2 atom stereocenters. The summed E-state index contributed by atoms with van der Waals surface area (Å²) >= 11 is 0. The molecular formula is C48H88NO8P. The van der Waals surface area contributed by atoms with Crippen molar-refractivity contribution in [2.24, 2.45) is 0 Å². The first-order valence-electron chi connectivity index (χ1n) is 23.3. The minimum absolute atomic E-state index is 0.0402. The number of nitrogens with zero attached hydrogens (tertiary/aromatic N) is 1. The molecule has 10 heteroatoms. The smallest absolute Gasteiger partial charge is 0.306 e. The van der Waals surface area contributed by atoms with Gasteiger partial charge in [0.15, 0.2) is 6.10 Å². The number of likely N-dealkylation sites (N-methyl/N-ethyl adjacent to an activating group) is 1. The first kappa shape index (κ1) is 56.0. The fourth-order valence-electron chi connectivity index (χ4n) is 6.14. The van der Waals surface area contributed by atoms with Crippen molar-refractivity contribution in [3.63, 3.8) is 0 Å². The minimum Gasteiger partial charge on any atom is -0.756 e. The number of ether oxygens (including phenoxy) is 2. The maximum Gasteiger partial charge on any atom is 0.306 e. The first-order valence-corrected chi connectivity index (χ1v) is 24.8. The molecule has 0 heterocycles. The van der Waals surface area contributed by atoms with Crippen LogP contribution < -0.4 is 4.89 Å². The number of carbonyl (C=O) groups excluding carboxylic acids is 2. The highest BCUT2D eigenvalue weighted by Crippen LogP contribution is 2.38. The topological polar surface area (TPSA) is 111 Å². The van der Waals surface area contributed by atoms with E-state index in [0.29, 0.717) is 23.9 Å². The third-order valence-corrected chi connectivity index (χ3v) is 10.8. The number of quaternary nitrogens is 1. The maximum absolute atomic E-state index is 12.7. The fraction of sp³-hybridized carbons (Fsp3) is 0.792. The van der Waals surface area contributed by atoms with Crippen molar-refractivity contribution in [1.29, 1.82) is 0 Å². The van der Waals surface area contributed by atoms with Gasteiger partial charge in [-0.3, -0.25) is 14.2 Å². The van der Waals surface area contributed by atoms with E-state index in [1.54, 1.807) is 0 Å². The number of hydrogen-bond acceptors (Lipinski definition) is 8. The predicted octanol–water partition coefficient (Wildman–Crippen LogP) is 12.8. The van der Waals surface area contributed by atoms with Crippen LogP contribution in [0.2, 0.25) is 0 Å². The molecular weight excluding hydrogens is 750 g/mol. The molecule has 338 valence electrons. The molecule has 0 aliphatic rings. The highest BCUT2D eigenvalue weighted by atomic mass is 31.2. The predicted molar refractivity (Wildman–Crippen MR) is 240 cm³/mol. The van der Waals surface area contributed by atoms with Crippen LogP contribution in [-0.2, 0) is 32.7 Å². The molecule has 0 bridgehead atoms. The first-order chi connectivity index (χ1) is 28.0. The van der Waals surface area contributed by atoms with Gasteiger partial charge in [-0.2, -0.15) is 0 Å². The van der Waals surface area contributed by atoms with Gasteiger partial charge in [-0.1, -0.05) is 159 Å². The van der Waals surface area contributed by atoms with E-state index in [4.69, 9.17) is 18.5 Å². The van der Waals surface area contributed by atoms with Gasteiger partial charge in [-0.15, -0.1) is 0 Å². The van der Waals surface area contributed by atoms with E-state index >= 15 is 0 Å². The molecule has 0 spiro atoms. The normalized spacial score (nSPS) is 14.0. The highest BCUT2D eigenvalue weighted by molar-refractivity contribution is 7.45. The maximum atomic E-state index is 12.7. The van der Waals surface area contributed by atoms with Crippen molar-refractivity contribution in [3.05, 3.63) is 48.6 Å². The zero-order chi connectivity index (χ0) is 42.8. The Bertz CT molecular complexity index is 1130. The standard InChI is InChI=1S/C48H88NO8P/c1-6-8-10-12-14-16-18-20-22-24-26-28-30-32-34-36-38-40-47(50)54-44-46(45-56-58(52,53)55-43-42-49(3,4)5)57-48(51)41-39-37-35-33-31-29-27-25-23-21-19-17-15-13-11-9-7-2/h20-23,26,28,32,34,46H,6-19,24-25,27,29-31,33,35-45H2,1-5H3/b22-20-,23-21-,28-26-,34-32-/t46-/m1/s1. The van der Waals surface area contributed by atoms with Crippen LogP contribution in [0.25, 0.3) is 0 Å². The molecule has 0 aliphatic heterocycles. The Labute approximate surface area is 356 Å². The second-order valence-electron chi connectivity index (χ2n) is 16.8. The van der Waals surface area contributed by atoms with Crippen molar-refractivity contribution in [2.75, 3.05) is 47.5 Å². The van der Waals surface area contributed by atoms with Gasteiger partial charge in [0.05, 0.1) is 27.7 Å². The van der Waals surface area contributed by atoms with Crippen LogP contribution in [0.3, 0.4) is 0 Å². The SMILES string of the molecule is CCCCCCCC/C=C\C/C=C\C/C=C\CCCC(=O)OC[C@H](COP(=O)([O-])OCC[N+](C)(C)C)OC(=O)CCCCCCCCC/C=C\CCCCCCCC. The van der Waals surface area contributed by atoms with E-state index in [1.807, 2.05) is 21.1 Å².